The lowest BCUT2D eigenvalue weighted by Crippen LogP contribution is -2.27. The van der Waals surface area contributed by atoms with Crippen molar-refractivity contribution in [2.24, 2.45) is 15.8 Å². The van der Waals surface area contributed by atoms with Gasteiger partial charge in [-0.15, -0.1) is 0 Å². The number of ether oxygens (including phenoxy) is 1. The Balaban J connectivity index is 0.000000646. The molecule has 0 radical (unpaired) electrons. The zero-order valence-electron chi connectivity index (χ0n) is 15.6. The van der Waals surface area contributed by atoms with Crippen LogP contribution >= 0.6 is 0 Å². The summed E-state index contributed by atoms with van der Waals surface area (Å²) in [6, 6.07) is 5.86. The number of aromatic nitrogens is 1. The Hall–Kier alpha value is -3.07. The van der Waals surface area contributed by atoms with Gasteiger partial charge in [-0.1, -0.05) is 19.8 Å². The molecule has 2 aromatic rings. The average Bonchev–Trinajstić information content (AvgIpc) is 3.08. The molecule has 6 N–H and O–H groups in total. The van der Waals surface area contributed by atoms with Crippen molar-refractivity contribution in [3.05, 3.63) is 30.0 Å². The molecule has 9 heteroatoms. The summed E-state index contributed by atoms with van der Waals surface area (Å²) < 4.78 is 5.24. The highest BCUT2D eigenvalue weighted by Crippen LogP contribution is 2.22. The van der Waals surface area contributed by atoms with E-state index in [1.807, 2.05) is 24.4 Å². The van der Waals surface area contributed by atoms with Gasteiger partial charge in [-0.05, 0) is 24.6 Å². The van der Waals surface area contributed by atoms with Gasteiger partial charge in [0.1, 0.15) is 12.4 Å². The maximum absolute atomic E-state index is 9.12. The van der Waals surface area contributed by atoms with Crippen molar-refractivity contribution >= 4 is 29.0 Å². The van der Waals surface area contributed by atoms with Crippen molar-refractivity contribution < 1.29 is 19.7 Å². The molecule has 0 saturated carbocycles. The monoisotopic (exact) mass is 377 g/mol. The lowest BCUT2D eigenvalue weighted by molar-refractivity contribution is -0.140. The number of benzene rings is 1. The average molecular weight is 377 g/mol. The van der Waals surface area contributed by atoms with E-state index in [1.54, 1.807) is 13.3 Å². The summed E-state index contributed by atoms with van der Waals surface area (Å²) in [5, 5.41) is 20.2. The van der Waals surface area contributed by atoms with Crippen LogP contribution in [0.4, 0.5) is 0 Å². The molecule has 0 aliphatic carbocycles. The number of aromatic amines is 1. The predicted molar refractivity (Wildman–Crippen MR) is 106 cm³/mol. The Morgan fingerprint density at radius 1 is 1.41 bits per heavy atom. The van der Waals surface area contributed by atoms with Gasteiger partial charge in [0.15, 0.2) is 0 Å². The number of hydrazone groups is 1. The highest BCUT2D eigenvalue weighted by atomic mass is 16.5. The Labute approximate surface area is 157 Å². The van der Waals surface area contributed by atoms with E-state index in [4.69, 9.17) is 25.5 Å². The number of methoxy groups -OCH3 is 1. The molecule has 0 spiro atoms. The number of aliphatic hydroxyl groups excluding tert-OH is 1. The molecule has 0 bridgehead atoms. The quantitative estimate of drug-likeness (QED) is 0.205. The van der Waals surface area contributed by atoms with Crippen LogP contribution < -0.4 is 15.9 Å². The summed E-state index contributed by atoms with van der Waals surface area (Å²) in [7, 11) is 1.65. The predicted octanol–water partition coefficient (Wildman–Crippen LogP) is 1.67. The third-order valence-corrected chi connectivity index (χ3v) is 3.48. The maximum atomic E-state index is 9.12. The number of hydrogen-bond acceptors (Lipinski definition) is 5. The van der Waals surface area contributed by atoms with E-state index in [0.717, 1.165) is 41.6 Å². The summed E-state index contributed by atoms with van der Waals surface area (Å²) in [5.41, 5.74) is 10.5. The van der Waals surface area contributed by atoms with Gasteiger partial charge in [0.25, 0.3) is 0 Å². The van der Waals surface area contributed by atoms with E-state index in [1.165, 1.54) is 6.42 Å². The van der Waals surface area contributed by atoms with Crippen molar-refractivity contribution in [3.63, 3.8) is 0 Å². The molecule has 0 aliphatic rings. The van der Waals surface area contributed by atoms with Crippen LogP contribution in [0.25, 0.3) is 10.9 Å². The smallest absolute Gasteiger partial charge is 0.329 e. The number of rotatable bonds is 8. The number of hydrogen-bond donors (Lipinski definition) is 5. The van der Waals surface area contributed by atoms with Crippen LogP contribution in [0.3, 0.4) is 0 Å². The third kappa shape index (κ3) is 8.23. The number of carbonyl (C=O) groups is 1. The first kappa shape index (κ1) is 22.0. The van der Waals surface area contributed by atoms with Crippen LogP contribution in [0, 0.1) is 0 Å². The van der Waals surface area contributed by atoms with E-state index in [9.17, 15) is 0 Å². The van der Waals surface area contributed by atoms with Gasteiger partial charge in [0.2, 0.25) is 5.96 Å². The number of aliphatic carboxylic acids is 1. The number of guanidine groups is 1. The largest absolute Gasteiger partial charge is 0.497 e. The first-order valence-corrected chi connectivity index (χ1v) is 8.58. The lowest BCUT2D eigenvalue weighted by atomic mass is 10.2. The minimum absolute atomic E-state index is 0.338. The second-order valence-electron chi connectivity index (χ2n) is 5.55. The van der Waals surface area contributed by atoms with Crippen LogP contribution in [-0.4, -0.2) is 53.6 Å². The van der Waals surface area contributed by atoms with E-state index in [-0.39, 0.29) is 0 Å². The second-order valence-corrected chi connectivity index (χ2v) is 5.55. The fourth-order valence-electron chi connectivity index (χ4n) is 2.12. The molecule has 148 valence electrons. The number of nitrogens with two attached hydrogens (primary N) is 1. The second kappa shape index (κ2) is 12.3. The molecule has 0 saturated heterocycles. The van der Waals surface area contributed by atoms with E-state index >= 15 is 0 Å². The maximum Gasteiger partial charge on any atom is 0.329 e. The third-order valence-electron chi connectivity index (χ3n) is 3.48. The molecular weight excluding hydrogens is 350 g/mol. The normalized spacial score (nSPS) is 11.3. The Kier molecular flexibility index (Phi) is 10.0. The minimum atomic E-state index is -1.19. The zero-order valence-corrected chi connectivity index (χ0v) is 15.6. The number of aliphatic imine (C=N–C) groups is 1. The van der Waals surface area contributed by atoms with E-state index < -0.39 is 12.6 Å². The molecular formula is C18H27N5O4. The standard InChI is InChI=1S/C16H23N5O.C2H4O3/c1-3-4-5-8-18-16(17)21-20-11-12-10-19-15-7-6-13(22-2)9-14(12)15;3-1-2(4)5/h6-7,9-11,19H,3-5,8H2,1-2H3,(H3,17,18,21);3H,1H2,(H,4,5)/b20-11+;. The number of nitrogens with zero attached hydrogens (tertiary/aromatic N) is 2. The van der Waals surface area contributed by atoms with Crippen LogP contribution in [0.15, 0.2) is 34.5 Å². The molecule has 0 fully saturated rings. The summed E-state index contributed by atoms with van der Waals surface area (Å²) in [6.45, 7) is 2.11. The van der Waals surface area contributed by atoms with Gasteiger partial charge in [-0.3, -0.25) is 4.99 Å². The molecule has 0 atom stereocenters. The number of carboxylic acids is 1. The van der Waals surface area contributed by atoms with Crippen LogP contribution in [0.5, 0.6) is 5.75 Å². The highest BCUT2D eigenvalue weighted by Gasteiger charge is 2.03. The van der Waals surface area contributed by atoms with Gasteiger partial charge < -0.3 is 25.7 Å². The number of aliphatic hydroxyl groups is 1. The lowest BCUT2D eigenvalue weighted by Gasteiger charge is -2.00. The van der Waals surface area contributed by atoms with Gasteiger partial charge in [0.05, 0.1) is 13.3 Å². The van der Waals surface area contributed by atoms with Gasteiger partial charge in [-0.2, -0.15) is 5.10 Å². The number of carboxylic acid groups (broad SMARTS) is 1. The minimum Gasteiger partial charge on any atom is -0.497 e. The Bertz CT molecular complexity index is 770. The number of unbranched alkanes of at least 4 members (excludes halogenated alkanes) is 2. The summed E-state index contributed by atoms with van der Waals surface area (Å²) in [6.07, 6.45) is 6.99. The zero-order chi connectivity index (χ0) is 20.1. The van der Waals surface area contributed by atoms with Crippen molar-refractivity contribution in [1.82, 2.24) is 10.4 Å². The topological polar surface area (TPSA) is 145 Å². The summed E-state index contributed by atoms with van der Waals surface area (Å²) in [4.78, 5) is 16.5. The van der Waals surface area contributed by atoms with Crippen LogP contribution in [0.2, 0.25) is 0 Å². The molecule has 27 heavy (non-hydrogen) atoms. The first-order chi connectivity index (χ1) is 13.0. The SMILES string of the molecule is CCCCCN=C(N)N/N=C/c1c[nH]c2ccc(OC)cc12.O=C(O)CO. The number of H-pyrrole nitrogens is 1. The summed E-state index contributed by atoms with van der Waals surface area (Å²) >= 11 is 0. The summed E-state index contributed by atoms with van der Waals surface area (Å²) in [5.74, 6) is -0.0403. The molecule has 1 aromatic carbocycles. The van der Waals surface area contributed by atoms with Crippen molar-refractivity contribution in [2.75, 3.05) is 20.3 Å². The number of nitrogens with one attached hydrogen (secondary N) is 2. The Morgan fingerprint density at radius 3 is 2.78 bits per heavy atom. The van der Waals surface area contributed by atoms with Gasteiger partial charge in [0, 0.05) is 29.2 Å². The molecule has 0 aliphatic heterocycles. The molecule has 1 heterocycles. The fraction of sp³-hybridized carbons (Fsp3) is 0.389. The molecule has 0 amide bonds. The fourth-order valence-corrected chi connectivity index (χ4v) is 2.12. The molecule has 9 nitrogen and oxygen atoms in total. The van der Waals surface area contributed by atoms with E-state index in [0.29, 0.717) is 5.96 Å². The molecule has 1 aromatic heterocycles. The van der Waals surface area contributed by atoms with Crippen LogP contribution in [-0.2, 0) is 4.79 Å². The van der Waals surface area contributed by atoms with E-state index in [2.05, 4.69) is 27.4 Å². The number of fused-ring (bicyclic) bond motifs is 1. The van der Waals surface area contributed by atoms with Gasteiger partial charge in [-0.25, -0.2) is 10.2 Å². The van der Waals surface area contributed by atoms with Crippen LogP contribution in [0.1, 0.15) is 31.7 Å². The van der Waals surface area contributed by atoms with Gasteiger partial charge >= 0.3 is 5.97 Å². The Morgan fingerprint density at radius 2 is 2.15 bits per heavy atom. The highest BCUT2D eigenvalue weighted by molar-refractivity contribution is 5.99. The molecule has 0 unspecified atom stereocenters. The molecule has 2 rings (SSSR count). The van der Waals surface area contributed by atoms with Crippen molar-refractivity contribution in [3.8, 4) is 5.75 Å². The van der Waals surface area contributed by atoms with Crippen molar-refractivity contribution in [1.29, 1.82) is 0 Å². The van der Waals surface area contributed by atoms with Crippen molar-refractivity contribution in [2.45, 2.75) is 26.2 Å². The first-order valence-electron chi connectivity index (χ1n) is 8.58.